The molecule has 18 heavy (non-hydrogen) atoms. The molecule has 0 N–H and O–H groups in total. The smallest absolute Gasteiger partial charge is 0.129 e. The number of hydrogen-bond donors (Lipinski definition) is 0. The van der Waals surface area contributed by atoms with E-state index in [0.717, 1.165) is 23.5 Å². The lowest BCUT2D eigenvalue weighted by atomic mass is 9.82. The van der Waals surface area contributed by atoms with E-state index in [0.29, 0.717) is 11.3 Å². The third-order valence-electron chi connectivity index (χ3n) is 3.49. The molecule has 0 saturated carbocycles. The molecule has 1 aromatic carbocycles. The van der Waals surface area contributed by atoms with E-state index in [4.69, 9.17) is 11.2 Å². The van der Waals surface area contributed by atoms with Crippen LogP contribution in [0.4, 0.5) is 0 Å². The highest BCUT2D eigenvalue weighted by Crippen LogP contribution is 2.42. The molecule has 0 amide bonds. The SMILES string of the molecule is C#Cc1ccccc1C1OCC(C(C)(C)C)CS1. The Hall–Kier alpha value is -0.910. The van der Waals surface area contributed by atoms with Gasteiger partial charge in [-0.3, -0.25) is 0 Å². The zero-order valence-electron chi connectivity index (χ0n) is 11.3. The van der Waals surface area contributed by atoms with Gasteiger partial charge in [-0.2, -0.15) is 0 Å². The van der Waals surface area contributed by atoms with Gasteiger partial charge in [-0.1, -0.05) is 44.9 Å². The van der Waals surface area contributed by atoms with Crippen LogP contribution >= 0.6 is 11.8 Å². The normalized spacial score (nSPS) is 24.6. The lowest BCUT2D eigenvalue weighted by Gasteiger charge is -2.36. The predicted molar refractivity (Wildman–Crippen MR) is 78.5 cm³/mol. The molecule has 0 bridgehead atoms. The van der Waals surface area contributed by atoms with Crippen LogP contribution in [-0.2, 0) is 4.74 Å². The van der Waals surface area contributed by atoms with E-state index in [-0.39, 0.29) is 5.44 Å². The van der Waals surface area contributed by atoms with Gasteiger partial charge >= 0.3 is 0 Å². The molecule has 1 aliphatic rings. The Kier molecular flexibility index (Phi) is 4.04. The maximum absolute atomic E-state index is 6.01. The second-order valence-corrected chi connectivity index (χ2v) is 6.89. The molecule has 0 aromatic heterocycles. The summed E-state index contributed by atoms with van der Waals surface area (Å²) in [4.78, 5) is 0. The predicted octanol–water partition coefficient (Wildman–Crippen LogP) is 4.09. The third kappa shape index (κ3) is 2.91. The summed E-state index contributed by atoms with van der Waals surface area (Å²) in [5, 5.41) is 0. The molecule has 2 rings (SSSR count). The van der Waals surface area contributed by atoms with Crippen molar-refractivity contribution in [2.24, 2.45) is 11.3 Å². The summed E-state index contributed by atoms with van der Waals surface area (Å²) in [6.07, 6.45) is 5.54. The van der Waals surface area contributed by atoms with Crippen molar-refractivity contribution in [2.75, 3.05) is 12.4 Å². The Balaban J connectivity index is 2.09. The summed E-state index contributed by atoms with van der Waals surface area (Å²) < 4.78 is 6.01. The number of thioether (sulfide) groups is 1. The van der Waals surface area contributed by atoms with Crippen LogP contribution in [-0.4, -0.2) is 12.4 Å². The summed E-state index contributed by atoms with van der Waals surface area (Å²) in [6.45, 7) is 7.64. The number of hydrogen-bond acceptors (Lipinski definition) is 2. The minimum Gasteiger partial charge on any atom is -0.362 e. The van der Waals surface area contributed by atoms with Crippen LogP contribution in [0.25, 0.3) is 0 Å². The first-order valence-corrected chi connectivity index (χ1v) is 7.36. The fourth-order valence-electron chi connectivity index (χ4n) is 2.02. The summed E-state index contributed by atoms with van der Waals surface area (Å²) >= 11 is 1.86. The monoisotopic (exact) mass is 260 g/mol. The van der Waals surface area contributed by atoms with Gasteiger partial charge in [0.05, 0.1) is 6.61 Å². The third-order valence-corrected chi connectivity index (χ3v) is 4.78. The Bertz CT molecular complexity index is 445. The quantitative estimate of drug-likeness (QED) is 0.703. The molecule has 1 fully saturated rings. The van der Waals surface area contributed by atoms with E-state index in [9.17, 15) is 0 Å². The maximum atomic E-state index is 6.01. The van der Waals surface area contributed by atoms with E-state index in [1.54, 1.807) is 0 Å². The molecule has 1 nitrogen and oxygen atoms in total. The Morgan fingerprint density at radius 2 is 2.06 bits per heavy atom. The number of rotatable bonds is 1. The number of ether oxygens (including phenoxy) is 1. The van der Waals surface area contributed by atoms with Gasteiger partial charge in [0.1, 0.15) is 5.44 Å². The van der Waals surface area contributed by atoms with Crippen LogP contribution < -0.4 is 0 Å². The molecular formula is C16H20OS. The molecule has 2 heteroatoms. The molecule has 2 unspecified atom stereocenters. The number of benzene rings is 1. The van der Waals surface area contributed by atoms with Crippen molar-refractivity contribution in [1.82, 2.24) is 0 Å². The van der Waals surface area contributed by atoms with Crippen molar-refractivity contribution in [3.05, 3.63) is 35.4 Å². The van der Waals surface area contributed by atoms with Crippen LogP contribution in [0.15, 0.2) is 24.3 Å². The van der Waals surface area contributed by atoms with Gasteiger partial charge in [-0.25, -0.2) is 0 Å². The summed E-state index contributed by atoms with van der Waals surface area (Å²) in [5.41, 5.74) is 2.49. The molecule has 1 aromatic rings. The molecule has 1 aliphatic heterocycles. The minimum absolute atomic E-state index is 0.0934. The lowest BCUT2D eigenvalue weighted by molar-refractivity contribution is 0.0395. The molecule has 2 atom stereocenters. The molecule has 1 heterocycles. The average molecular weight is 260 g/mol. The Morgan fingerprint density at radius 1 is 1.33 bits per heavy atom. The summed E-state index contributed by atoms with van der Waals surface area (Å²) in [6, 6.07) is 8.06. The Morgan fingerprint density at radius 3 is 2.61 bits per heavy atom. The summed E-state index contributed by atoms with van der Waals surface area (Å²) in [7, 11) is 0. The largest absolute Gasteiger partial charge is 0.362 e. The maximum Gasteiger partial charge on any atom is 0.129 e. The van der Waals surface area contributed by atoms with Gasteiger partial charge in [-0.05, 0) is 17.4 Å². The van der Waals surface area contributed by atoms with Crippen molar-refractivity contribution in [1.29, 1.82) is 0 Å². The highest BCUT2D eigenvalue weighted by atomic mass is 32.2. The van der Waals surface area contributed by atoms with Gasteiger partial charge in [0.15, 0.2) is 0 Å². The van der Waals surface area contributed by atoms with Crippen molar-refractivity contribution >= 4 is 11.8 Å². The van der Waals surface area contributed by atoms with E-state index in [1.165, 1.54) is 0 Å². The van der Waals surface area contributed by atoms with Crippen molar-refractivity contribution in [2.45, 2.75) is 26.2 Å². The zero-order chi connectivity index (χ0) is 13.2. The fourth-order valence-corrected chi connectivity index (χ4v) is 3.58. The van der Waals surface area contributed by atoms with Crippen molar-refractivity contribution in [3.8, 4) is 12.3 Å². The van der Waals surface area contributed by atoms with Gasteiger partial charge in [0.25, 0.3) is 0 Å². The molecule has 96 valence electrons. The van der Waals surface area contributed by atoms with Crippen molar-refractivity contribution < 1.29 is 4.74 Å². The van der Waals surface area contributed by atoms with E-state index >= 15 is 0 Å². The minimum atomic E-state index is 0.0934. The molecule has 0 radical (unpaired) electrons. The second-order valence-electron chi connectivity index (χ2n) is 5.79. The van der Waals surface area contributed by atoms with E-state index in [1.807, 2.05) is 30.0 Å². The van der Waals surface area contributed by atoms with Crippen LogP contribution in [0.5, 0.6) is 0 Å². The van der Waals surface area contributed by atoms with E-state index in [2.05, 4.69) is 32.8 Å². The standard InChI is InChI=1S/C16H20OS/c1-5-12-8-6-7-9-14(12)15-17-10-13(11-18-15)16(2,3)4/h1,6-9,13,15H,10-11H2,2-4H3. The summed E-state index contributed by atoms with van der Waals surface area (Å²) in [5.74, 6) is 4.48. The lowest BCUT2D eigenvalue weighted by Crippen LogP contribution is -2.31. The molecule has 0 aliphatic carbocycles. The highest BCUT2D eigenvalue weighted by molar-refractivity contribution is 7.99. The van der Waals surface area contributed by atoms with Crippen LogP contribution in [0.3, 0.4) is 0 Å². The highest BCUT2D eigenvalue weighted by Gasteiger charge is 2.31. The first-order chi connectivity index (χ1) is 8.52. The van der Waals surface area contributed by atoms with Gasteiger partial charge in [-0.15, -0.1) is 18.2 Å². The average Bonchev–Trinajstić information content (AvgIpc) is 2.38. The topological polar surface area (TPSA) is 9.23 Å². The van der Waals surface area contributed by atoms with E-state index < -0.39 is 0 Å². The van der Waals surface area contributed by atoms with Crippen LogP contribution in [0, 0.1) is 23.7 Å². The first kappa shape index (κ1) is 13.5. The fraction of sp³-hybridized carbons (Fsp3) is 0.500. The van der Waals surface area contributed by atoms with Gasteiger partial charge in [0, 0.05) is 16.9 Å². The zero-order valence-corrected chi connectivity index (χ0v) is 12.1. The van der Waals surface area contributed by atoms with Crippen molar-refractivity contribution in [3.63, 3.8) is 0 Å². The molecule has 1 saturated heterocycles. The van der Waals surface area contributed by atoms with Gasteiger partial charge in [0.2, 0.25) is 0 Å². The number of terminal acetylenes is 1. The van der Waals surface area contributed by atoms with Crippen LogP contribution in [0.1, 0.15) is 37.3 Å². The molecular weight excluding hydrogens is 240 g/mol. The first-order valence-electron chi connectivity index (χ1n) is 6.31. The second kappa shape index (κ2) is 5.38. The van der Waals surface area contributed by atoms with Gasteiger partial charge < -0.3 is 4.74 Å². The van der Waals surface area contributed by atoms with Crippen LogP contribution in [0.2, 0.25) is 0 Å². The molecule has 0 spiro atoms. The Labute approximate surface area is 114 Å².